The molecule has 5 nitrogen and oxygen atoms in total. The molecule has 0 atom stereocenters. The van der Waals surface area contributed by atoms with Crippen LogP contribution in [0.1, 0.15) is 26.3 Å². The second-order valence-electron chi connectivity index (χ2n) is 6.44. The standard InChI is InChI=1S/C23H19N3O2/c1-26(2)23(28)16-9-7-10-18(14-16)25-22(27)21-13-6-5-12-20(21)19-11-4-3-8-17(19)15-24/h3-14H,1-2H3,(H,25,27). The lowest BCUT2D eigenvalue weighted by Gasteiger charge is -2.13. The van der Waals surface area contributed by atoms with E-state index in [0.717, 1.165) is 0 Å². The Morgan fingerprint density at radius 3 is 2.29 bits per heavy atom. The van der Waals surface area contributed by atoms with Crippen LogP contribution in [0.15, 0.2) is 72.8 Å². The van der Waals surface area contributed by atoms with Gasteiger partial charge in [0.1, 0.15) is 0 Å². The average molecular weight is 369 g/mol. The lowest BCUT2D eigenvalue weighted by atomic mass is 9.95. The summed E-state index contributed by atoms with van der Waals surface area (Å²) < 4.78 is 0. The predicted octanol–water partition coefficient (Wildman–Crippen LogP) is 4.18. The Bertz CT molecular complexity index is 1080. The number of amides is 2. The zero-order valence-electron chi connectivity index (χ0n) is 15.6. The minimum absolute atomic E-state index is 0.139. The van der Waals surface area contributed by atoms with E-state index in [4.69, 9.17) is 0 Å². The summed E-state index contributed by atoms with van der Waals surface area (Å²) in [5.74, 6) is -0.447. The van der Waals surface area contributed by atoms with E-state index in [1.807, 2.05) is 24.3 Å². The van der Waals surface area contributed by atoms with Gasteiger partial charge in [0, 0.05) is 36.5 Å². The summed E-state index contributed by atoms with van der Waals surface area (Å²) in [6, 6.07) is 23.3. The van der Waals surface area contributed by atoms with Crippen molar-refractivity contribution in [2.45, 2.75) is 0 Å². The number of carbonyl (C=O) groups excluding carboxylic acids is 2. The average Bonchev–Trinajstić information content (AvgIpc) is 2.73. The summed E-state index contributed by atoms with van der Waals surface area (Å²) in [6.45, 7) is 0. The largest absolute Gasteiger partial charge is 0.345 e. The zero-order valence-corrected chi connectivity index (χ0v) is 15.6. The Balaban J connectivity index is 1.94. The summed E-state index contributed by atoms with van der Waals surface area (Å²) in [6.07, 6.45) is 0. The Labute approximate surface area is 163 Å². The molecule has 138 valence electrons. The molecule has 0 heterocycles. The molecule has 0 aliphatic carbocycles. The van der Waals surface area contributed by atoms with Gasteiger partial charge in [0.15, 0.2) is 0 Å². The monoisotopic (exact) mass is 369 g/mol. The topological polar surface area (TPSA) is 73.2 Å². The minimum atomic E-state index is -0.308. The van der Waals surface area contributed by atoms with Gasteiger partial charge >= 0.3 is 0 Å². The van der Waals surface area contributed by atoms with Crippen molar-refractivity contribution in [3.8, 4) is 17.2 Å². The summed E-state index contributed by atoms with van der Waals surface area (Å²) in [4.78, 5) is 26.6. The number of nitrogens with zero attached hydrogens (tertiary/aromatic N) is 2. The number of nitriles is 1. The van der Waals surface area contributed by atoms with E-state index in [9.17, 15) is 14.9 Å². The van der Waals surface area contributed by atoms with Gasteiger partial charge in [0.2, 0.25) is 0 Å². The van der Waals surface area contributed by atoms with Gasteiger partial charge in [-0.25, -0.2) is 0 Å². The maximum Gasteiger partial charge on any atom is 0.256 e. The van der Waals surface area contributed by atoms with Gasteiger partial charge in [-0.2, -0.15) is 5.26 Å². The Hall–Kier alpha value is -3.91. The first kappa shape index (κ1) is 18.9. The van der Waals surface area contributed by atoms with Crippen LogP contribution in [0.4, 0.5) is 5.69 Å². The maximum absolute atomic E-state index is 12.9. The highest BCUT2D eigenvalue weighted by molar-refractivity contribution is 6.09. The summed E-state index contributed by atoms with van der Waals surface area (Å²) in [7, 11) is 3.35. The molecule has 28 heavy (non-hydrogen) atoms. The minimum Gasteiger partial charge on any atom is -0.345 e. The molecule has 0 saturated carbocycles. The first-order valence-corrected chi connectivity index (χ1v) is 8.73. The number of anilines is 1. The highest BCUT2D eigenvalue weighted by Crippen LogP contribution is 2.27. The SMILES string of the molecule is CN(C)C(=O)c1cccc(NC(=O)c2ccccc2-c2ccccc2C#N)c1. The number of nitrogens with one attached hydrogen (secondary N) is 1. The molecule has 0 spiro atoms. The fourth-order valence-corrected chi connectivity index (χ4v) is 2.92. The van der Waals surface area contributed by atoms with Crippen LogP contribution in [0.5, 0.6) is 0 Å². The van der Waals surface area contributed by atoms with E-state index < -0.39 is 0 Å². The molecule has 2 amide bonds. The second-order valence-corrected chi connectivity index (χ2v) is 6.44. The first-order chi connectivity index (χ1) is 13.5. The lowest BCUT2D eigenvalue weighted by molar-refractivity contribution is 0.0827. The molecule has 0 bridgehead atoms. The molecule has 0 aliphatic heterocycles. The number of benzene rings is 3. The molecule has 0 unspecified atom stereocenters. The molecule has 5 heteroatoms. The van der Waals surface area contributed by atoms with Crippen molar-refractivity contribution in [2.24, 2.45) is 0 Å². The Morgan fingerprint density at radius 2 is 1.57 bits per heavy atom. The van der Waals surface area contributed by atoms with Crippen LogP contribution in [0.2, 0.25) is 0 Å². The molecule has 0 fully saturated rings. The van der Waals surface area contributed by atoms with Crippen molar-refractivity contribution in [1.29, 1.82) is 5.26 Å². The van der Waals surface area contributed by atoms with Crippen LogP contribution in [-0.4, -0.2) is 30.8 Å². The third-order valence-corrected chi connectivity index (χ3v) is 4.28. The van der Waals surface area contributed by atoms with Crippen LogP contribution in [0.3, 0.4) is 0 Å². The molecule has 0 saturated heterocycles. The van der Waals surface area contributed by atoms with Crippen molar-refractivity contribution in [3.63, 3.8) is 0 Å². The molecule has 1 N–H and O–H groups in total. The van der Waals surface area contributed by atoms with Crippen molar-refractivity contribution in [2.75, 3.05) is 19.4 Å². The third kappa shape index (κ3) is 3.92. The predicted molar refractivity (Wildman–Crippen MR) is 109 cm³/mol. The van der Waals surface area contributed by atoms with Gasteiger partial charge < -0.3 is 10.2 Å². The summed E-state index contributed by atoms with van der Waals surface area (Å²) >= 11 is 0. The van der Waals surface area contributed by atoms with E-state index in [2.05, 4.69) is 11.4 Å². The van der Waals surface area contributed by atoms with Crippen LogP contribution in [-0.2, 0) is 0 Å². The van der Waals surface area contributed by atoms with Crippen molar-refractivity contribution >= 4 is 17.5 Å². The molecule has 3 rings (SSSR count). The maximum atomic E-state index is 12.9. The van der Waals surface area contributed by atoms with E-state index in [1.54, 1.807) is 62.6 Å². The van der Waals surface area contributed by atoms with Crippen molar-refractivity contribution in [1.82, 2.24) is 4.90 Å². The van der Waals surface area contributed by atoms with E-state index in [0.29, 0.717) is 33.5 Å². The van der Waals surface area contributed by atoms with Crippen LogP contribution >= 0.6 is 0 Å². The normalized spacial score (nSPS) is 10.0. The zero-order chi connectivity index (χ0) is 20.1. The number of hydrogen-bond donors (Lipinski definition) is 1. The highest BCUT2D eigenvalue weighted by Gasteiger charge is 2.16. The number of rotatable bonds is 4. The van der Waals surface area contributed by atoms with E-state index in [-0.39, 0.29) is 11.8 Å². The number of carbonyl (C=O) groups is 2. The Kier molecular flexibility index (Phi) is 5.52. The van der Waals surface area contributed by atoms with Gasteiger partial charge in [-0.05, 0) is 35.9 Å². The van der Waals surface area contributed by atoms with Crippen LogP contribution in [0, 0.1) is 11.3 Å². The lowest BCUT2D eigenvalue weighted by Crippen LogP contribution is -2.22. The fraction of sp³-hybridized carbons (Fsp3) is 0.0870. The Morgan fingerprint density at radius 1 is 0.893 bits per heavy atom. The molecule has 3 aromatic carbocycles. The second kappa shape index (κ2) is 8.19. The van der Waals surface area contributed by atoms with Crippen molar-refractivity contribution in [3.05, 3.63) is 89.5 Å². The molecular formula is C23H19N3O2. The fourth-order valence-electron chi connectivity index (χ4n) is 2.92. The van der Waals surface area contributed by atoms with Gasteiger partial charge in [0.05, 0.1) is 11.6 Å². The summed E-state index contributed by atoms with van der Waals surface area (Å²) in [5, 5.41) is 12.2. The molecule has 3 aromatic rings. The quantitative estimate of drug-likeness (QED) is 0.750. The van der Waals surface area contributed by atoms with Gasteiger partial charge in [-0.1, -0.05) is 42.5 Å². The van der Waals surface area contributed by atoms with E-state index >= 15 is 0 Å². The van der Waals surface area contributed by atoms with E-state index in [1.165, 1.54) is 4.90 Å². The molecule has 0 radical (unpaired) electrons. The third-order valence-electron chi connectivity index (χ3n) is 4.28. The van der Waals surface area contributed by atoms with Crippen LogP contribution < -0.4 is 5.32 Å². The summed E-state index contributed by atoms with van der Waals surface area (Å²) in [5.41, 5.74) is 3.35. The molecule has 0 aromatic heterocycles. The highest BCUT2D eigenvalue weighted by atomic mass is 16.2. The molecular weight excluding hydrogens is 350 g/mol. The van der Waals surface area contributed by atoms with Crippen molar-refractivity contribution < 1.29 is 9.59 Å². The first-order valence-electron chi connectivity index (χ1n) is 8.73. The van der Waals surface area contributed by atoms with Gasteiger partial charge in [-0.15, -0.1) is 0 Å². The number of hydrogen-bond acceptors (Lipinski definition) is 3. The van der Waals surface area contributed by atoms with Crippen LogP contribution in [0.25, 0.3) is 11.1 Å². The van der Waals surface area contributed by atoms with Gasteiger partial charge in [-0.3, -0.25) is 9.59 Å². The van der Waals surface area contributed by atoms with Gasteiger partial charge in [0.25, 0.3) is 11.8 Å². The smallest absolute Gasteiger partial charge is 0.256 e. The molecule has 0 aliphatic rings.